The lowest BCUT2D eigenvalue weighted by molar-refractivity contribution is 0.272. The third kappa shape index (κ3) is 6.97. The van der Waals surface area contributed by atoms with Crippen molar-refractivity contribution < 1.29 is 8.78 Å². The fourth-order valence-electron chi connectivity index (χ4n) is 1.71. The number of halogens is 2. The lowest BCUT2D eigenvalue weighted by Crippen LogP contribution is -2.14. The smallest absolute Gasteiger partial charge is 0.124 e. The zero-order chi connectivity index (χ0) is 12.4. The Morgan fingerprint density at radius 3 is 1.56 bits per heavy atom. The molecule has 96 valence electrons. The highest BCUT2D eigenvalue weighted by Gasteiger charge is 2.19. The highest BCUT2D eigenvalue weighted by molar-refractivity contribution is 5.08. The van der Waals surface area contributed by atoms with E-state index in [9.17, 15) is 8.78 Å². The van der Waals surface area contributed by atoms with E-state index in [4.69, 9.17) is 0 Å². The van der Waals surface area contributed by atoms with Crippen LogP contribution in [0.25, 0.3) is 0 Å². The molecule has 0 rings (SSSR count). The summed E-state index contributed by atoms with van der Waals surface area (Å²) in [5.41, 5.74) is 0.159. The molecule has 0 fully saturated rings. The van der Waals surface area contributed by atoms with Crippen LogP contribution >= 0.6 is 0 Å². The van der Waals surface area contributed by atoms with Crippen molar-refractivity contribution in [1.82, 2.24) is 0 Å². The summed E-state index contributed by atoms with van der Waals surface area (Å²) in [5, 5.41) is 0. The van der Waals surface area contributed by atoms with Gasteiger partial charge in [-0.2, -0.15) is 0 Å². The van der Waals surface area contributed by atoms with Crippen LogP contribution < -0.4 is 0 Å². The van der Waals surface area contributed by atoms with Gasteiger partial charge in [0.25, 0.3) is 0 Å². The molecule has 0 aromatic carbocycles. The summed E-state index contributed by atoms with van der Waals surface area (Å²) in [4.78, 5) is 0. The van der Waals surface area contributed by atoms with Crippen LogP contribution in [0, 0.1) is 0 Å². The summed E-state index contributed by atoms with van der Waals surface area (Å²) in [6, 6.07) is 0. The zero-order valence-electron chi connectivity index (χ0n) is 10.8. The lowest BCUT2D eigenvalue weighted by atomic mass is 9.98. The van der Waals surface area contributed by atoms with Gasteiger partial charge in [0.05, 0.1) is 0 Å². The van der Waals surface area contributed by atoms with Crippen molar-refractivity contribution in [2.75, 3.05) is 0 Å². The SMILES string of the molecule is C=C(C(F)CCCCC)C(F)CCCCC. The Balaban J connectivity index is 3.73. The van der Waals surface area contributed by atoms with Crippen LogP contribution in [0.15, 0.2) is 12.2 Å². The second kappa shape index (κ2) is 9.80. The molecule has 2 atom stereocenters. The predicted molar refractivity (Wildman–Crippen MR) is 67.2 cm³/mol. The first-order chi connectivity index (χ1) is 7.63. The molecular weight excluding hydrogens is 206 g/mol. The molecule has 0 aliphatic rings. The van der Waals surface area contributed by atoms with Crippen molar-refractivity contribution in [1.29, 1.82) is 0 Å². The van der Waals surface area contributed by atoms with E-state index in [1.54, 1.807) is 0 Å². The Bertz CT molecular complexity index is 160. The number of unbranched alkanes of at least 4 members (excludes halogenated alkanes) is 4. The number of alkyl halides is 2. The van der Waals surface area contributed by atoms with Crippen molar-refractivity contribution in [3.8, 4) is 0 Å². The number of hydrogen-bond donors (Lipinski definition) is 0. The number of hydrogen-bond acceptors (Lipinski definition) is 0. The molecule has 0 aliphatic heterocycles. The van der Waals surface area contributed by atoms with Gasteiger partial charge in [-0.1, -0.05) is 59.0 Å². The van der Waals surface area contributed by atoms with Crippen molar-refractivity contribution >= 4 is 0 Å². The lowest BCUT2D eigenvalue weighted by Gasteiger charge is -2.15. The maximum Gasteiger partial charge on any atom is 0.124 e. The predicted octanol–water partition coefficient (Wildman–Crippen LogP) is 5.38. The van der Waals surface area contributed by atoms with Crippen LogP contribution in [0.1, 0.15) is 65.2 Å². The van der Waals surface area contributed by atoms with Crippen LogP contribution in [0.5, 0.6) is 0 Å². The summed E-state index contributed by atoms with van der Waals surface area (Å²) >= 11 is 0. The summed E-state index contributed by atoms with van der Waals surface area (Å²) in [6.07, 6.45) is 4.38. The molecule has 2 unspecified atom stereocenters. The van der Waals surface area contributed by atoms with Gasteiger partial charge < -0.3 is 0 Å². The quantitative estimate of drug-likeness (QED) is 0.350. The van der Waals surface area contributed by atoms with Gasteiger partial charge in [0, 0.05) is 0 Å². The van der Waals surface area contributed by atoms with E-state index in [0.29, 0.717) is 12.8 Å². The van der Waals surface area contributed by atoms with Gasteiger partial charge in [0.15, 0.2) is 0 Å². The molecule has 0 spiro atoms. The van der Waals surface area contributed by atoms with E-state index < -0.39 is 12.3 Å². The Morgan fingerprint density at radius 2 is 1.25 bits per heavy atom. The zero-order valence-corrected chi connectivity index (χ0v) is 10.8. The molecule has 0 heterocycles. The topological polar surface area (TPSA) is 0 Å². The molecule has 16 heavy (non-hydrogen) atoms. The highest BCUT2D eigenvalue weighted by atomic mass is 19.1. The molecule has 0 bridgehead atoms. The van der Waals surface area contributed by atoms with Gasteiger partial charge in [0.2, 0.25) is 0 Å². The summed E-state index contributed by atoms with van der Waals surface area (Å²) in [7, 11) is 0. The molecular formula is C14H26F2. The first-order valence-corrected chi connectivity index (χ1v) is 6.60. The molecule has 0 N–H and O–H groups in total. The van der Waals surface area contributed by atoms with Crippen molar-refractivity contribution in [3.05, 3.63) is 12.2 Å². The van der Waals surface area contributed by atoms with Gasteiger partial charge in [-0.05, 0) is 18.4 Å². The molecule has 0 radical (unpaired) electrons. The Morgan fingerprint density at radius 1 is 0.875 bits per heavy atom. The second-order valence-corrected chi connectivity index (χ2v) is 4.50. The van der Waals surface area contributed by atoms with Crippen molar-refractivity contribution in [2.24, 2.45) is 0 Å². The maximum absolute atomic E-state index is 13.5. The number of rotatable bonds is 10. The van der Waals surface area contributed by atoms with E-state index >= 15 is 0 Å². The van der Waals surface area contributed by atoms with Crippen molar-refractivity contribution in [2.45, 2.75) is 77.6 Å². The average molecular weight is 232 g/mol. The van der Waals surface area contributed by atoms with Crippen molar-refractivity contribution in [3.63, 3.8) is 0 Å². The second-order valence-electron chi connectivity index (χ2n) is 4.50. The standard InChI is InChI=1S/C14H26F2/c1-4-6-8-10-13(15)12(3)14(16)11-9-7-5-2/h13-14H,3-11H2,1-2H3. The highest BCUT2D eigenvalue weighted by Crippen LogP contribution is 2.22. The normalized spacial score (nSPS) is 14.8. The Kier molecular flexibility index (Phi) is 9.55. The maximum atomic E-state index is 13.5. The molecule has 0 saturated carbocycles. The molecule has 0 saturated heterocycles. The summed E-state index contributed by atoms with van der Waals surface area (Å²) < 4.78 is 27.1. The monoisotopic (exact) mass is 232 g/mol. The summed E-state index contributed by atoms with van der Waals surface area (Å²) in [6.45, 7) is 7.71. The van der Waals surface area contributed by atoms with Crippen LogP contribution in [0.3, 0.4) is 0 Å². The van der Waals surface area contributed by atoms with Crippen LogP contribution in [-0.2, 0) is 0 Å². The van der Waals surface area contributed by atoms with Gasteiger partial charge in [-0.3, -0.25) is 0 Å². The Labute approximate surface area is 99.1 Å². The van der Waals surface area contributed by atoms with E-state index in [1.165, 1.54) is 0 Å². The van der Waals surface area contributed by atoms with Gasteiger partial charge in [-0.25, -0.2) is 8.78 Å². The fourth-order valence-corrected chi connectivity index (χ4v) is 1.71. The van der Waals surface area contributed by atoms with Gasteiger partial charge in [0.1, 0.15) is 12.3 Å². The molecule has 0 nitrogen and oxygen atoms in total. The minimum absolute atomic E-state index is 0.159. The molecule has 0 amide bonds. The largest absolute Gasteiger partial charge is 0.243 e. The third-order valence-corrected chi connectivity index (χ3v) is 2.93. The third-order valence-electron chi connectivity index (χ3n) is 2.93. The van der Waals surface area contributed by atoms with E-state index in [1.807, 2.05) is 0 Å². The van der Waals surface area contributed by atoms with Crippen LogP contribution in [0.2, 0.25) is 0 Å². The van der Waals surface area contributed by atoms with Gasteiger partial charge >= 0.3 is 0 Å². The Hall–Kier alpha value is -0.400. The molecule has 0 aliphatic carbocycles. The molecule has 2 heteroatoms. The van der Waals surface area contributed by atoms with Gasteiger partial charge in [-0.15, -0.1) is 0 Å². The first-order valence-electron chi connectivity index (χ1n) is 6.60. The average Bonchev–Trinajstić information content (AvgIpc) is 2.28. The first kappa shape index (κ1) is 15.6. The fraction of sp³-hybridized carbons (Fsp3) is 0.857. The molecule has 0 aromatic rings. The van der Waals surface area contributed by atoms with E-state index in [-0.39, 0.29) is 5.57 Å². The minimum Gasteiger partial charge on any atom is -0.243 e. The van der Waals surface area contributed by atoms with E-state index in [2.05, 4.69) is 20.4 Å². The van der Waals surface area contributed by atoms with Crippen LogP contribution in [0.4, 0.5) is 8.78 Å². The van der Waals surface area contributed by atoms with E-state index in [0.717, 1.165) is 38.5 Å². The molecule has 0 aromatic heterocycles. The number of allylic oxidation sites excluding steroid dienone is 1. The minimum atomic E-state index is -1.15. The summed E-state index contributed by atoms with van der Waals surface area (Å²) in [5.74, 6) is 0. The van der Waals surface area contributed by atoms with Crippen LogP contribution in [-0.4, -0.2) is 12.3 Å².